The van der Waals surface area contributed by atoms with Gasteiger partial charge in [0.1, 0.15) is 12.3 Å². The number of carbonyl (C=O) groups is 1. The molecule has 1 rings (SSSR count). The van der Waals surface area contributed by atoms with Gasteiger partial charge in [0.2, 0.25) is 5.91 Å². The first-order valence-electron chi connectivity index (χ1n) is 6.76. The van der Waals surface area contributed by atoms with E-state index in [2.05, 4.69) is 16.9 Å². The molecule has 7 heteroatoms. The van der Waals surface area contributed by atoms with Crippen molar-refractivity contribution in [1.82, 2.24) is 15.1 Å². The predicted molar refractivity (Wildman–Crippen MR) is 99.4 cm³/mol. The summed E-state index contributed by atoms with van der Waals surface area (Å²) < 4.78 is 5.33. The maximum Gasteiger partial charge on any atom is 0.243 e. The number of amides is 1. The van der Waals surface area contributed by atoms with Crippen LogP contribution in [0.5, 0.6) is 0 Å². The van der Waals surface area contributed by atoms with Gasteiger partial charge < -0.3 is 19.5 Å². The van der Waals surface area contributed by atoms with Crippen molar-refractivity contribution in [3.63, 3.8) is 0 Å². The molecule has 0 saturated heterocycles. The van der Waals surface area contributed by atoms with Crippen LogP contribution in [-0.4, -0.2) is 55.9 Å². The van der Waals surface area contributed by atoms with Crippen molar-refractivity contribution >= 4 is 35.8 Å². The molecule has 1 amide bonds. The van der Waals surface area contributed by atoms with Crippen LogP contribution in [0.15, 0.2) is 40.0 Å². The Hall–Kier alpha value is -1.51. The second-order valence-electron chi connectivity index (χ2n) is 5.17. The van der Waals surface area contributed by atoms with Crippen molar-refractivity contribution in [3.8, 4) is 0 Å². The zero-order chi connectivity index (χ0) is 15.8. The third-order valence-corrected chi connectivity index (χ3v) is 2.75. The van der Waals surface area contributed by atoms with Crippen LogP contribution < -0.4 is 5.32 Å². The number of guanidine groups is 1. The first-order chi connectivity index (χ1) is 9.90. The van der Waals surface area contributed by atoms with Crippen LogP contribution in [0.1, 0.15) is 12.7 Å². The van der Waals surface area contributed by atoms with E-state index in [1.54, 1.807) is 20.4 Å². The highest BCUT2D eigenvalue weighted by Crippen LogP contribution is 2.04. The molecule has 0 aromatic carbocycles. The molecular formula is C15H25IN4O2. The van der Waals surface area contributed by atoms with Crippen LogP contribution in [-0.2, 0) is 11.3 Å². The fourth-order valence-electron chi connectivity index (χ4n) is 1.54. The number of aliphatic imine (C=N–C) groups is 1. The van der Waals surface area contributed by atoms with Crippen molar-refractivity contribution in [1.29, 1.82) is 0 Å². The number of halogens is 1. The summed E-state index contributed by atoms with van der Waals surface area (Å²) in [4.78, 5) is 19.4. The minimum Gasteiger partial charge on any atom is -0.467 e. The Morgan fingerprint density at radius 1 is 1.41 bits per heavy atom. The fraction of sp³-hybridized carbons (Fsp3) is 0.467. The topological polar surface area (TPSA) is 61.1 Å². The number of furan rings is 1. The van der Waals surface area contributed by atoms with Crippen molar-refractivity contribution < 1.29 is 9.21 Å². The summed E-state index contributed by atoms with van der Waals surface area (Å²) in [7, 11) is 5.32. The molecule has 0 radical (unpaired) electrons. The van der Waals surface area contributed by atoms with E-state index in [0.717, 1.165) is 11.3 Å². The molecule has 0 aliphatic heterocycles. The fourth-order valence-corrected chi connectivity index (χ4v) is 1.54. The zero-order valence-electron chi connectivity index (χ0n) is 13.6. The first kappa shape index (κ1) is 20.5. The molecule has 1 heterocycles. The molecule has 0 fully saturated rings. The third kappa shape index (κ3) is 7.48. The number of nitrogens with zero attached hydrogens (tertiary/aromatic N) is 3. The Kier molecular flexibility index (Phi) is 9.55. The summed E-state index contributed by atoms with van der Waals surface area (Å²) in [6.07, 6.45) is 1.64. The van der Waals surface area contributed by atoms with Gasteiger partial charge in [0, 0.05) is 27.7 Å². The van der Waals surface area contributed by atoms with Crippen molar-refractivity contribution in [2.75, 3.05) is 34.2 Å². The zero-order valence-corrected chi connectivity index (χ0v) is 16.0. The lowest BCUT2D eigenvalue weighted by Crippen LogP contribution is -2.40. The lowest BCUT2D eigenvalue weighted by Gasteiger charge is -2.22. The van der Waals surface area contributed by atoms with E-state index in [0.29, 0.717) is 19.0 Å². The van der Waals surface area contributed by atoms with Gasteiger partial charge in [0.25, 0.3) is 0 Å². The van der Waals surface area contributed by atoms with Gasteiger partial charge in [-0.1, -0.05) is 12.2 Å². The van der Waals surface area contributed by atoms with E-state index < -0.39 is 0 Å². The number of hydrogen-bond acceptors (Lipinski definition) is 3. The van der Waals surface area contributed by atoms with Crippen LogP contribution in [0, 0.1) is 0 Å². The maximum absolute atomic E-state index is 11.7. The molecule has 0 atom stereocenters. The van der Waals surface area contributed by atoms with Crippen molar-refractivity contribution in [2.24, 2.45) is 4.99 Å². The number of carbonyl (C=O) groups excluding carboxylic acids is 1. The van der Waals surface area contributed by atoms with Gasteiger partial charge in [0.05, 0.1) is 12.8 Å². The lowest BCUT2D eigenvalue weighted by molar-refractivity contribution is -0.127. The highest BCUT2D eigenvalue weighted by molar-refractivity contribution is 14.0. The van der Waals surface area contributed by atoms with Crippen LogP contribution in [0.3, 0.4) is 0 Å². The van der Waals surface area contributed by atoms with E-state index in [1.807, 2.05) is 31.0 Å². The molecule has 22 heavy (non-hydrogen) atoms. The van der Waals surface area contributed by atoms with Gasteiger partial charge in [-0.25, -0.2) is 4.99 Å². The summed E-state index contributed by atoms with van der Waals surface area (Å²) in [5, 5.41) is 3.19. The predicted octanol–water partition coefficient (Wildman–Crippen LogP) is 1.94. The molecule has 1 aromatic rings. The summed E-state index contributed by atoms with van der Waals surface area (Å²) in [6, 6.07) is 3.74. The van der Waals surface area contributed by atoms with Crippen molar-refractivity contribution in [3.05, 3.63) is 36.3 Å². The molecule has 0 aliphatic rings. The van der Waals surface area contributed by atoms with E-state index in [4.69, 9.17) is 4.42 Å². The minimum atomic E-state index is -0.0453. The van der Waals surface area contributed by atoms with Gasteiger partial charge >= 0.3 is 0 Å². The highest BCUT2D eigenvalue weighted by Gasteiger charge is 2.10. The Bertz CT molecular complexity index is 498. The standard InChI is InChI=1S/C15H24N4O2.HI/c1-12(2)9-16-15(17-10-14(20)18(3)4)19(5)11-13-7-6-8-21-13;/h6-8H,1,9-11H2,2-5H3,(H,16,17);1H. The Morgan fingerprint density at radius 3 is 2.59 bits per heavy atom. The molecule has 0 saturated carbocycles. The second kappa shape index (κ2) is 10.3. The summed E-state index contributed by atoms with van der Waals surface area (Å²) in [5.41, 5.74) is 0.994. The highest BCUT2D eigenvalue weighted by atomic mass is 127. The average Bonchev–Trinajstić information content (AvgIpc) is 2.90. The minimum absolute atomic E-state index is 0. The molecular weight excluding hydrogens is 395 g/mol. The number of likely N-dealkylation sites (N-methyl/N-ethyl adjacent to an activating group) is 1. The smallest absolute Gasteiger partial charge is 0.243 e. The van der Waals surface area contributed by atoms with E-state index in [1.165, 1.54) is 4.90 Å². The van der Waals surface area contributed by atoms with Crippen LogP contribution >= 0.6 is 24.0 Å². The van der Waals surface area contributed by atoms with Gasteiger partial charge in [0.15, 0.2) is 5.96 Å². The normalized spacial score (nSPS) is 10.6. The Morgan fingerprint density at radius 2 is 2.09 bits per heavy atom. The maximum atomic E-state index is 11.7. The van der Waals surface area contributed by atoms with Crippen molar-refractivity contribution in [2.45, 2.75) is 13.5 Å². The Labute approximate surface area is 149 Å². The van der Waals surface area contributed by atoms with E-state index in [9.17, 15) is 4.79 Å². The van der Waals surface area contributed by atoms with Gasteiger partial charge in [-0.2, -0.15) is 0 Å². The molecule has 124 valence electrons. The van der Waals surface area contributed by atoms with Crippen LogP contribution in [0.25, 0.3) is 0 Å². The van der Waals surface area contributed by atoms with Crippen LogP contribution in [0.4, 0.5) is 0 Å². The van der Waals surface area contributed by atoms with E-state index >= 15 is 0 Å². The number of rotatable bonds is 6. The van der Waals surface area contributed by atoms with Gasteiger partial charge in [-0.05, 0) is 19.1 Å². The molecule has 1 aromatic heterocycles. The van der Waals surface area contributed by atoms with Crippen LogP contribution in [0.2, 0.25) is 0 Å². The van der Waals surface area contributed by atoms with Gasteiger partial charge in [-0.3, -0.25) is 4.79 Å². The SMILES string of the molecule is C=C(C)CNC(=NCC(=O)N(C)C)N(C)Cc1ccco1.I. The molecule has 6 nitrogen and oxygen atoms in total. The van der Waals surface area contributed by atoms with Gasteiger partial charge in [-0.15, -0.1) is 24.0 Å². The number of hydrogen-bond donors (Lipinski definition) is 1. The second-order valence-corrected chi connectivity index (χ2v) is 5.17. The van der Waals surface area contributed by atoms with E-state index in [-0.39, 0.29) is 36.4 Å². The molecule has 1 N–H and O–H groups in total. The monoisotopic (exact) mass is 420 g/mol. The lowest BCUT2D eigenvalue weighted by atomic mass is 10.3. The molecule has 0 bridgehead atoms. The largest absolute Gasteiger partial charge is 0.467 e. The molecule has 0 spiro atoms. The average molecular weight is 420 g/mol. The quantitative estimate of drug-likeness (QED) is 0.331. The molecule has 0 unspecified atom stereocenters. The Balaban J connectivity index is 0.00000441. The molecule has 0 aliphatic carbocycles. The summed E-state index contributed by atoms with van der Waals surface area (Å²) >= 11 is 0. The first-order valence-corrected chi connectivity index (χ1v) is 6.76. The summed E-state index contributed by atoms with van der Waals surface area (Å²) in [6.45, 7) is 7.08. The number of nitrogens with one attached hydrogen (secondary N) is 1. The summed E-state index contributed by atoms with van der Waals surface area (Å²) in [5.74, 6) is 1.43. The third-order valence-electron chi connectivity index (χ3n) is 2.75.